The minimum absolute atomic E-state index is 0.0000806. The van der Waals surface area contributed by atoms with Crippen LogP contribution in [0, 0.1) is 0 Å². The summed E-state index contributed by atoms with van der Waals surface area (Å²) in [6.45, 7) is 1.78. The van der Waals surface area contributed by atoms with E-state index in [2.05, 4.69) is 5.32 Å². The van der Waals surface area contributed by atoms with Gasteiger partial charge in [0, 0.05) is 35.4 Å². The zero-order valence-corrected chi connectivity index (χ0v) is 18.1. The van der Waals surface area contributed by atoms with Crippen molar-refractivity contribution < 1.29 is 14.3 Å². The molecule has 0 saturated carbocycles. The van der Waals surface area contributed by atoms with E-state index in [4.69, 9.17) is 21.1 Å². The molecule has 5 nitrogen and oxygen atoms in total. The molecule has 160 valence electrons. The number of rotatable bonds is 7. The van der Waals surface area contributed by atoms with Crippen LogP contribution in [0.15, 0.2) is 72.8 Å². The summed E-state index contributed by atoms with van der Waals surface area (Å²) in [6.07, 6.45) is 0.917. The maximum atomic E-state index is 13.0. The van der Waals surface area contributed by atoms with E-state index in [1.807, 2.05) is 59.5 Å². The minimum Gasteiger partial charge on any atom is -0.493 e. The Hall–Kier alpha value is -3.18. The summed E-state index contributed by atoms with van der Waals surface area (Å²) in [5.41, 5.74) is 2.67. The number of methoxy groups -OCH3 is 1. The van der Waals surface area contributed by atoms with E-state index in [1.54, 1.807) is 25.3 Å². The van der Waals surface area contributed by atoms with Gasteiger partial charge in [0.1, 0.15) is 6.61 Å². The predicted octanol–water partition coefficient (Wildman–Crippen LogP) is 5.25. The molecule has 1 unspecified atom stereocenters. The molecule has 0 aliphatic carbocycles. The maximum Gasteiger partial charge on any atom is 0.254 e. The first-order valence-corrected chi connectivity index (χ1v) is 10.7. The van der Waals surface area contributed by atoms with Gasteiger partial charge in [-0.15, -0.1) is 0 Å². The molecule has 1 atom stereocenters. The zero-order valence-electron chi connectivity index (χ0n) is 17.4. The first-order valence-electron chi connectivity index (χ1n) is 10.3. The van der Waals surface area contributed by atoms with Crippen LogP contribution in [-0.4, -0.2) is 37.0 Å². The fourth-order valence-corrected chi connectivity index (χ4v) is 3.80. The highest BCUT2D eigenvalue weighted by atomic mass is 35.5. The number of benzene rings is 3. The molecule has 6 heteroatoms. The lowest BCUT2D eigenvalue weighted by Crippen LogP contribution is -2.31. The molecule has 1 amide bonds. The molecule has 1 aliphatic heterocycles. The van der Waals surface area contributed by atoms with Crippen molar-refractivity contribution in [2.24, 2.45) is 0 Å². The van der Waals surface area contributed by atoms with E-state index in [1.165, 1.54) is 0 Å². The summed E-state index contributed by atoms with van der Waals surface area (Å²) in [6, 6.07) is 23.1. The van der Waals surface area contributed by atoms with Gasteiger partial charge in [0.15, 0.2) is 11.5 Å². The standard InChI is InChI=1S/C25H25ClN2O3/c1-30-24-15-19(9-12-23(24)31-17-18-7-10-20(26)11-8-18)25(29)28-14-13-22(16-28)27-21-5-3-2-4-6-21/h2-12,15,22,27H,13-14,16-17H2,1H3. The number of para-hydroxylation sites is 1. The average molecular weight is 437 g/mol. The Labute approximate surface area is 187 Å². The van der Waals surface area contributed by atoms with Crippen LogP contribution in [-0.2, 0) is 6.61 Å². The number of hydrogen-bond acceptors (Lipinski definition) is 4. The first kappa shape index (κ1) is 21.1. The summed E-state index contributed by atoms with van der Waals surface area (Å²) < 4.78 is 11.4. The van der Waals surface area contributed by atoms with Gasteiger partial charge in [0.05, 0.1) is 7.11 Å². The average Bonchev–Trinajstić information content (AvgIpc) is 3.27. The Bertz CT molecular complexity index is 1020. The van der Waals surface area contributed by atoms with Gasteiger partial charge in [-0.1, -0.05) is 41.9 Å². The van der Waals surface area contributed by atoms with Gasteiger partial charge < -0.3 is 19.7 Å². The highest BCUT2D eigenvalue weighted by Crippen LogP contribution is 2.30. The van der Waals surface area contributed by atoms with Crippen LogP contribution < -0.4 is 14.8 Å². The Kier molecular flexibility index (Phi) is 6.63. The predicted molar refractivity (Wildman–Crippen MR) is 123 cm³/mol. The molecule has 1 fully saturated rings. The molecule has 0 aromatic heterocycles. The Morgan fingerprint density at radius 3 is 2.58 bits per heavy atom. The second-order valence-corrected chi connectivity index (χ2v) is 7.96. The van der Waals surface area contributed by atoms with E-state index in [0.29, 0.717) is 35.2 Å². The Morgan fingerprint density at radius 1 is 1.06 bits per heavy atom. The number of anilines is 1. The number of halogens is 1. The van der Waals surface area contributed by atoms with Crippen LogP contribution in [0.2, 0.25) is 5.02 Å². The molecule has 0 spiro atoms. The van der Waals surface area contributed by atoms with Crippen LogP contribution in [0.25, 0.3) is 0 Å². The van der Waals surface area contributed by atoms with Crippen LogP contribution >= 0.6 is 11.6 Å². The molecule has 0 radical (unpaired) electrons. The van der Waals surface area contributed by atoms with Gasteiger partial charge in [-0.05, 0) is 54.4 Å². The third kappa shape index (κ3) is 5.30. The molecule has 0 bridgehead atoms. The Balaban J connectivity index is 1.38. The highest BCUT2D eigenvalue weighted by Gasteiger charge is 2.27. The van der Waals surface area contributed by atoms with Gasteiger partial charge in [0.25, 0.3) is 5.91 Å². The molecule has 4 rings (SSSR count). The van der Waals surface area contributed by atoms with Gasteiger partial charge in [-0.2, -0.15) is 0 Å². The quantitative estimate of drug-likeness (QED) is 0.549. The molecule has 31 heavy (non-hydrogen) atoms. The van der Waals surface area contributed by atoms with E-state index in [-0.39, 0.29) is 11.9 Å². The summed E-state index contributed by atoms with van der Waals surface area (Å²) in [7, 11) is 1.58. The van der Waals surface area contributed by atoms with Crippen molar-refractivity contribution in [3.63, 3.8) is 0 Å². The summed E-state index contributed by atoms with van der Waals surface area (Å²) in [5.74, 6) is 1.14. The fraction of sp³-hybridized carbons (Fsp3) is 0.240. The van der Waals surface area contributed by atoms with Crippen molar-refractivity contribution in [2.75, 3.05) is 25.5 Å². The monoisotopic (exact) mass is 436 g/mol. The number of amides is 1. The van der Waals surface area contributed by atoms with Crippen molar-refractivity contribution in [1.82, 2.24) is 4.90 Å². The van der Waals surface area contributed by atoms with E-state index >= 15 is 0 Å². The maximum absolute atomic E-state index is 13.0. The SMILES string of the molecule is COc1cc(C(=O)N2CCC(Nc3ccccc3)C2)ccc1OCc1ccc(Cl)cc1. The van der Waals surface area contributed by atoms with Gasteiger partial charge in [-0.3, -0.25) is 4.79 Å². The smallest absolute Gasteiger partial charge is 0.254 e. The second kappa shape index (κ2) is 9.75. The van der Waals surface area contributed by atoms with Crippen molar-refractivity contribution in [3.05, 3.63) is 88.9 Å². The first-order chi connectivity index (χ1) is 15.1. The van der Waals surface area contributed by atoms with Crippen molar-refractivity contribution >= 4 is 23.2 Å². The Morgan fingerprint density at radius 2 is 1.84 bits per heavy atom. The molecule has 1 N–H and O–H groups in total. The summed E-state index contributed by atoms with van der Waals surface area (Å²) >= 11 is 5.93. The van der Waals surface area contributed by atoms with Gasteiger partial charge >= 0.3 is 0 Å². The number of carbonyl (C=O) groups excluding carboxylic acids is 1. The minimum atomic E-state index is -0.0000806. The van der Waals surface area contributed by atoms with Gasteiger partial charge in [-0.25, -0.2) is 0 Å². The molecule has 1 heterocycles. The molecule has 1 aliphatic rings. The summed E-state index contributed by atoms with van der Waals surface area (Å²) in [4.78, 5) is 14.9. The van der Waals surface area contributed by atoms with Crippen molar-refractivity contribution in [1.29, 1.82) is 0 Å². The number of likely N-dealkylation sites (tertiary alicyclic amines) is 1. The third-order valence-corrected chi connectivity index (χ3v) is 5.59. The van der Waals surface area contributed by atoms with Crippen LogP contribution in [0.5, 0.6) is 11.5 Å². The van der Waals surface area contributed by atoms with Crippen LogP contribution in [0.4, 0.5) is 5.69 Å². The molecule has 3 aromatic rings. The normalized spacial score (nSPS) is 15.5. The lowest BCUT2D eigenvalue weighted by molar-refractivity contribution is 0.0791. The molecule has 3 aromatic carbocycles. The van der Waals surface area contributed by atoms with E-state index < -0.39 is 0 Å². The van der Waals surface area contributed by atoms with Crippen molar-refractivity contribution in [2.45, 2.75) is 19.1 Å². The number of ether oxygens (including phenoxy) is 2. The van der Waals surface area contributed by atoms with E-state index in [9.17, 15) is 4.79 Å². The largest absolute Gasteiger partial charge is 0.493 e. The molecule has 1 saturated heterocycles. The lowest BCUT2D eigenvalue weighted by atomic mass is 10.1. The number of hydrogen-bond donors (Lipinski definition) is 1. The topological polar surface area (TPSA) is 50.8 Å². The second-order valence-electron chi connectivity index (χ2n) is 7.53. The van der Waals surface area contributed by atoms with Crippen LogP contribution in [0.3, 0.4) is 0 Å². The lowest BCUT2D eigenvalue weighted by Gasteiger charge is -2.19. The molecular weight excluding hydrogens is 412 g/mol. The van der Waals surface area contributed by atoms with Crippen molar-refractivity contribution in [3.8, 4) is 11.5 Å². The molecular formula is C25H25ClN2O3. The fourth-order valence-electron chi connectivity index (χ4n) is 3.68. The zero-order chi connectivity index (χ0) is 21.6. The highest BCUT2D eigenvalue weighted by molar-refractivity contribution is 6.30. The number of carbonyl (C=O) groups is 1. The number of nitrogens with zero attached hydrogens (tertiary/aromatic N) is 1. The van der Waals surface area contributed by atoms with E-state index in [0.717, 1.165) is 24.2 Å². The van der Waals surface area contributed by atoms with Crippen LogP contribution in [0.1, 0.15) is 22.3 Å². The number of nitrogens with one attached hydrogen (secondary N) is 1. The summed E-state index contributed by atoms with van der Waals surface area (Å²) in [5, 5.41) is 4.19. The van der Waals surface area contributed by atoms with Gasteiger partial charge in [0.2, 0.25) is 0 Å². The third-order valence-electron chi connectivity index (χ3n) is 5.34.